The maximum Gasteiger partial charge on any atom is 0.315 e. The van der Waals surface area contributed by atoms with Crippen molar-refractivity contribution < 1.29 is 18.4 Å². The van der Waals surface area contributed by atoms with Crippen molar-refractivity contribution in [3.8, 4) is 5.75 Å². The van der Waals surface area contributed by atoms with E-state index in [4.69, 9.17) is 9.26 Å². The third-order valence-electron chi connectivity index (χ3n) is 4.48. The lowest BCUT2D eigenvalue weighted by molar-refractivity contribution is 0.216. The van der Waals surface area contributed by atoms with Crippen molar-refractivity contribution in [2.75, 3.05) is 6.61 Å². The first-order valence-corrected chi connectivity index (χ1v) is 8.42. The van der Waals surface area contributed by atoms with Crippen LogP contribution in [0.15, 0.2) is 22.7 Å². The molecule has 0 spiro atoms. The molecule has 0 aliphatic carbocycles. The molecule has 0 saturated heterocycles. The van der Waals surface area contributed by atoms with Gasteiger partial charge in [0, 0.05) is 17.5 Å². The predicted octanol–water partition coefficient (Wildman–Crippen LogP) is 3.70. The van der Waals surface area contributed by atoms with E-state index in [1.165, 1.54) is 6.07 Å². The Kier molecular flexibility index (Phi) is 4.92. The van der Waals surface area contributed by atoms with Crippen molar-refractivity contribution in [3.05, 3.63) is 46.6 Å². The number of amides is 2. The Labute approximate surface area is 145 Å². The van der Waals surface area contributed by atoms with Gasteiger partial charge in [-0.3, -0.25) is 0 Å². The number of aryl methyl sites for hydroxylation is 2. The van der Waals surface area contributed by atoms with Crippen LogP contribution in [0, 0.1) is 19.7 Å². The van der Waals surface area contributed by atoms with Gasteiger partial charge in [0.05, 0.1) is 24.4 Å². The van der Waals surface area contributed by atoms with Crippen molar-refractivity contribution in [2.24, 2.45) is 0 Å². The number of nitrogens with one attached hydrogen (secondary N) is 2. The molecule has 2 N–H and O–H groups in total. The van der Waals surface area contributed by atoms with Gasteiger partial charge in [-0.15, -0.1) is 0 Å². The van der Waals surface area contributed by atoms with Gasteiger partial charge in [-0.25, -0.2) is 9.18 Å². The average Bonchev–Trinajstić information content (AvgIpc) is 2.92. The number of benzene rings is 1. The number of para-hydroxylation sites is 1. The van der Waals surface area contributed by atoms with Crippen LogP contribution >= 0.6 is 0 Å². The summed E-state index contributed by atoms with van der Waals surface area (Å²) in [6.07, 6.45) is 1.29. The first-order chi connectivity index (χ1) is 12.0. The molecule has 7 heteroatoms. The third-order valence-corrected chi connectivity index (χ3v) is 4.48. The Balaban J connectivity index is 1.72. The van der Waals surface area contributed by atoms with E-state index < -0.39 is 5.82 Å². The van der Waals surface area contributed by atoms with Crippen LogP contribution in [-0.2, 0) is 0 Å². The summed E-state index contributed by atoms with van der Waals surface area (Å²) < 4.78 is 24.4. The number of hydrogen-bond acceptors (Lipinski definition) is 4. The van der Waals surface area contributed by atoms with E-state index in [0.717, 1.165) is 11.3 Å². The lowest BCUT2D eigenvalue weighted by atomic mass is 10.00. The van der Waals surface area contributed by atoms with Crippen molar-refractivity contribution in [2.45, 2.75) is 45.7 Å². The van der Waals surface area contributed by atoms with Crippen molar-refractivity contribution >= 4 is 6.03 Å². The smallest absolute Gasteiger partial charge is 0.315 e. The number of fused-ring (bicyclic) bond motifs is 1. The van der Waals surface area contributed by atoms with Gasteiger partial charge < -0.3 is 19.9 Å². The van der Waals surface area contributed by atoms with E-state index in [2.05, 4.69) is 15.8 Å². The molecule has 134 valence electrons. The number of carbonyl (C=O) groups excluding carboxylic acids is 1. The zero-order valence-corrected chi connectivity index (χ0v) is 14.6. The summed E-state index contributed by atoms with van der Waals surface area (Å²) in [6.45, 7) is 6.02. The van der Waals surface area contributed by atoms with E-state index in [1.807, 2.05) is 20.8 Å². The molecule has 0 saturated carbocycles. The quantitative estimate of drug-likeness (QED) is 0.884. The molecule has 0 fully saturated rings. The van der Waals surface area contributed by atoms with Crippen LogP contribution in [0.5, 0.6) is 5.75 Å². The number of carbonyl (C=O) groups is 1. The van der Waals surface area contributed by atoms with Gasteiger partial charge in [0.25, 0.3) is 0 Å². The number of urea groups is 1. The van der Waals surface area contributed by atoms with Crippen molar-refractivity contribution in [3.63, 3.8) is 0 Å². The average molecular weight is 347 g/mol. The molecule has 1 aromatic carbocycles. The number of nitrogens with zero attached hydrogens (tertiary/aromatic N) is 1. The lowest BCUT2D eigenvalue weighted by Gasteiger charge is -2.28. The van der Waals surface area contributed by atoms with E-state index in [0.29, 0.717) is 30.8 Å². The van der Waals surface area contributed by atoms with E-state index in [9.17, 15) is 9.18 Å². The molecule has 1 aliphatic heterocycles. The van der Waals surface area contributed by atoms with Crippen LogP contribution in [0.1, 0.15) is 54.4 Å². The van der Waals surface area contributed by atoms with Gasteiger partial charge in [-0.2, -0.15) is 0 Å². The molecule has 0 bridgehead atoms. The van der Waals surface area contributed by atoms with Crippen LogP contribution < -0.4 is 15.4 Å². The van der Waals surface area contributed by atoms with Crippen LogP contribution in [0.25, 0.3) is 0 Å². The number of ether oxygens (including phenoxy) is 1. The highest BCUT2D eigenvalue weighted by Crippen LogP contribution is 2.34. The molecule has 2 aromatic rings. The number of aromatic nitrogens is 1. The molecule has 0 radical (unpaired) electrons. The Morgan fingerprint density at radius 1 is 1.44 bits per heavy atom. The molecule has 3 rings (SSSR count). The molecule has 6 nitrogen and oxygen atoms in total. The summed E-state index contributed by atoms with van der Waals surface area (Å²) in [7, 11) is 0. The largest absolute Gasteiger partial charge is 0.490 e. The predicted molar refractivity (Wildman–Crippen MR) is 89.9 cm³/mol. The van der Waals surface area contributed by atoms with E-state index in [-0.39, 0.29) is 23.9 Å². The summed E-state index contributed by atoms with van der Waals surface area (Å²) in [6, 6.07) is 3.95. The van der Waals surface area contributed by atoms with Gasteiger partial charge in [0.1, 0.15) is 5.76 Å². The minimum atomic E-state index is -0.411. The highest BCUT2D eigenvalue weighted by atomic mass is 19.1. The minimum absolute atomic E-state index is 0.196. The monoisotopic (exact) mass is 347 g/mol. The highest BCUT2D eigenvalue weighted by molar-refractivity contribution is 5.75. The van der Waals surface area contributed by atoms with Crippen molar-refractivity contribution in [1.29, 1.82) is 0 Å². The molecule has 25 heavy (non-hydrogen) atoms. The second-order valence-corrected chi connectivity index (χ2v) is 6.16. The Morgan fingerprint density at radius 2 is 2.24 bits per heavy atom. The zero-order valence-electron chi connectivity index (χ0n) is 14.6. The zero-order chi connectivity index (χ0) is 18.0. The summed E-state index contributed by atoms with van der Waals surface area (Å²) >= 11 is 0. The molecule has 2 atom stereocenters. The van der Waals surface area contributed by atoms with Gasteiger partial charge in [-0.1, -0.05) is 24.2 Å². The van der Waals surface area contributed by atoms with Crippen LogP contribution in [0.2, 0.25) is 0 Å². The fourth-order valence-electron chi connectivity index (χ4n) is 3.26. The Morgan fingerprint density at radius 3 is 2.92 bits per heavy atom. The molecular formula is C18H22FN3O3. The standard InChI is InChI=1S/C18H22FN3O3/c1-4-14(16-10(2)22-25-11(16)3)20-18(23)21-15-8-9-24-17-12(15)6-5-7-13(17)19/h5-7,14-15H,4,8-9H2,1-3H3,(H2,20,21,23)/t14-,15+/m1/s1. The molecule has 2 amide bonds. The summed E-state index contributed by atoms with van der Waals surface area (Å²) in [5.74, 6) is 0.506. The summed E-state index contributed by atoms with van der Waals surface area (Å²) in [5, 5.41) is 9.82. The van der Waals surface area contributed by atoms with Crippen LogP contribution in [0.3, 0.4) is 0 Å². The molecule has 2 heterocycles. The number of rotatable bonds is 4. The number of hydrogen-bond donors (Lipinski definition) is 2. The normalized spacial score (nSPS) is 17.4. The topological polar surface area (TPSA) is 76.4 Å². The summed E-state index contributed by atoms with van der Waals surface area (Å²) in [4.78, 5) is 12.5. The SMILES string of the molecule is CC[C@@H](NC(=O)N[C@H]1CCOc2c(F)cccc21)c1c(C)noc1C. The van der Waals surface area contributed by atoms with Gasteiger partial charge >= 0.3 is 6.03 Å². The molecular weight excluding hydrogens is 325 g/mol. The van der Waals surface area contributed by atoms with E-state index in [1.54, 1.807) is 12.1 Å². The second-order valence-electron chi connectivity index (χ2n) is 6.16. The van der Waals surface area contributed by atoms with Gasteiger partial charge in [-0.05, 0) is 26.3 Å². The molecule has 1 aliphatic rings. The van der Waals surface area contributed by atoms with Crippen LogP contribution in [0.4, 0.5) is 9.18 Å². The van der Waals surface area contributed by atoms with Gasteiger partial charge in [0.15, 0.2) is 11.6 Å². The fraction of sp³-hybridized carbons (Fsp3) is 0.444. The fourth-order valence-corrected chi connectivity index (χ4v) is 3.26. The minimum Gasteiger partial charge on any atom is -0.490 e. The third kappa shape index (κ3) is 3.45. The Hall–Kier alpha value is -2.57. The van der Waals surface area contributed by atoms with Gasteiger partial charge in [0.2, 0.25) is 0 Å². The second kappa shape index (κ2) is 7.13. The molecule has 0 unspecified atom stereocenters. The maximum atomic E-state index is 13.9. The first-order valence-electron chi connectivity index (χ1n) is 8.42. The molecule has 1 aromatic heterocycles. The lowest BCUT2D eigenvalue weighted by Crippen LogP contribution is -2.41. The first kappa shape index (κ1) is 17.3. The van der Waals surface area contributed by atoms with Crippen LogP contribution in [-0.4, -0.2) is 17.8 Å². The van der Waals surface area contributed by atoms with Crippen molar-refractivity contribution in [1.82, 2.24) is 15.8 Å². The summed E-state index contributed by atoms with van der Waals surface area (Å²) in [5.41, 5.74) is 2.32. The Bertz CT molecular complexity index is 755. The highest BCUT2D eigenvalue weighted by Gasteiger charge is 2.27. The maximum absolute atomic E-state index is 13.9. The van der Waals surface area contributed by atoms with E-state index >= 15 is 0 Å². The number of halogens is 1.